The molecule has 3 aromatic rings. The number of benzene rings is 1. The number of aromatic amines is 1. The highest BCUT2D eigenvalue weighted by Gasteiger charge is 2.39. The van der Waals surface area contributed by atoms with E-state index in [1.165, 1.54) is 0 Å². The molecular weight excluding hydrogens is 302 g/mol. The van der Waals surface area contributed by atoms with Crippen molar-refractivity contribution in [2.24, 2.45) is 5.73 Å². The number of nitrogens with zero attached hydrogens (tertiary/aromatic N) is 3. The largest absolute Gasteiger partial charge is 0.334 e. The van der Waals surface area contributed by atoms with E-state index in [0.717, 1.165) is 36.1 Å². The first-order valence-electron chi connectivity index (χ1n) is 6.98. The van der Waals surface area contributed by atoms with Crippen LogP contribution in [0.4, 0.5) is 0 Å². The molecule has 1 aliphatic carbocycles. The third-order valence-corrected chi connectivity index (χ3v) is 4.05. The summed E-state index contributed by atoms with van der Waals surface area (Å²) in [7, 11) is 0. The zero-order chi connectivity index (χ0) is 14.3. The standard InChI is InChI=1S/C15H15N5O.ClH/c16-15(7-4-8-15)14-18-13(21-20-14)11-9-17-19-12(11)10-5-2-1-3-6-10;/h1-3,5-6,9H,4,7-8,16H2,(H,17,19);1H. The van der Waals surface area contributed by atoms with E-state index in [-0.39, 0.29) is 12.4 Å². The lowest BCUT2D eigenvalue weighted by atomic mass is 9.77. The molecule has 0 atom stereocenters. The van der Waals surface area contributed by atoms with Crippen LogP contribution >= 0.6 is 12.4 Å². The fourth-order valence-corrected chi connectivity index (χ4v) is 2.59. The summed E-state index contributed by atoms with van der Waals surface area (Å²) >= 11 is 0. The van der Waals surface area contributed by atoms with Crippen LogP contribution < -0.4 is 5.73 Å². The summed E-state index contributed by atoms with van der Waals surface area (Å²) < 4.78 is 5.39. The molecule has 2 aromatic heterocycles. The highest BCUT2D eigenvalue weighted by molar-refractivity contribution is 5.85. The van der Waals surface area contributed by atoms with Gasteiger partial charge in [-0.05, 0) is 19.3 Å². The third kappa shape index (κ3) is 2.30. The number of H-pyrrole nitrogens is 1. The number of nitrogens with two attached hydrogens (primary N) is 1. The molecule has 0 amide bonds. The Hall–Kier alpha value is -2.18. The van der Waals surface area contributed by atoms with E-state index in [4.69, 9.17) is 10.3 Å². The van der Waals surface area contributed by atoms with Gasteiger partial charge in [0.1, 0.15) is 0 Å². The molecule has 114 valence electrons. The van der Waals surface area contributed by atoms with Gasteiger partial charge in [-0.25, -0.2) is 0 Å². The second kappa shape index (κ2) is 5.55. The number of nitrogens with one attached hydrogen (secondary N) is 1. The van der Waals surface area contributed by atoms with Crippen LogP contribution in [0, 0.1) is 0 Å². The van der Waals surface area contributed by atoms with E-state index < -0.39 is 5.54 Å². The van der Waals surface area contributed by atoms with Crippen LogP contribution in [0.2, 0.25) is 0 Å². The normalized spacial score (nSPS) is 15.9. The molecule has 0 radical (unpaired) electrons. The van der Waals surface area contributed by atoms with Crippen LogP contribution in [0.5, 0.6) is 0 Å². The van der Waals surface area contributed by atoms with Crippen molar-refractivity contribution in [2.45, 2.75) is 24.8 Å². The average Bonchev–Trinajstić information content (AvgIpc) is 3.14. The fraction of sp³-hybridized carbons (Fsp3) is 0.267. The van der Waals surface area contributed by atoms with Crippen LogP contribution in [0.25, 0.3) is 22.7 Å². The van der Waals surface area contributed by atoms with Crippen LogP contribution in [0.1, 0.15) is 25.1 Å². The van der Waals surface area contributed by atoms with E-state index in [0.29, 0.717) is 11.7 Å². The van der Waals surface area contributed by atoms with Gasteiger partial charge in [0.15, 0.2) is 5.82 Å². The third-order valence-electron chi connectivity index (χ3n) is 4.05. The predicted octanol–water partition coefficient (Wildman–Crippen LogP) is 2.89. The van der Waals surface area contributed by atoms with Gasteiger partial charge in [-0.2, -0.15) is 10.1 Å². The van der Waals surface area contributed by atoms with Crippen molar-refractivity contribution in [1.29, 1.82) is 0 Å². The number of halogens is 1. The molecule has 0 aliphatic heterocycles. The lowest BCUT2D eigenvalue weighted by molar-refractivity contribution is 0.229. The number of aromatic nitrogens is 4. The van der Waals surface area contributed by atoms with Crippen molar-refractivity contribution in [1.82, 2.24) is 20.3 Å². The zero-order valence-corrected chi connectivity index (χ0v) is 12.6. The van der Waals surface area contributed by atoms with Gasteiger partial charge in [0.25, 0.3) is 5.89 Å². The smallest absolute Gasteiger partial charge is 0.261 e. The molecule has 6 nitrogen and oxygen atoms in total. The molecule has 1 saturated carbocycles. The van der Waals surface area contributed by atoms with Crippen molar-refractivity contribution in [3.05, 3.63) is 42.4 Å². The maximum absolute atomic E-state index is 6.23. The zero-order valence-electron chi connectivity index (χ0n) is 11.8. The topological polar surface area (TPSA) is 93.6 Å². The number of hydrogen-bond acceptors (Lipinski definition) is 5. The van der Waals surface area contributed by atoms with Crippen molar-refractivity contribution >= 4 is 12.4 Å². The van der Waals surface area contributed by atoms with Crippen LogP contribution in [-0.2, 0) is 5.54 Å². The molecule has 1 aliphatic rings. The van der Waals surface area contributed by atoms with Gasteiger partial charge < -0.3 is 10.3 Å². The van der Waals surface area contributed by atoms with Crippen molar-refractivity contribution in [3.63, 3.8) is 0 Å². The Morgan fingerprint density at radius 1 is 1.18 bits per heavy atom. The minimum Gasteiger partial charge on any atom is -0.334 e. The molecule has 0 bridgehead atoms. The van der Waals surface area contributed by atoms with Gasteiger partial charge >= 0.3 is 0 Å². The van der Waals surface area contributed by atoms with Crippen molar-refractivity contribution < 1.29 is 4.52 Å². The minimum atomic E-state index is -0.418. The summed E-state index contributed by atoms with van der Waals surface area (Å²) in [5, 5.41) is 11.1. The van der Waals surface area contributed by atoms with E-state index in [2.05, 4.69) is 20.3 Å². The van der Waals surface area contributed by atoms with Gasteiger partial charge in [-0.3, -0.25) is 5.10 Å². The summed E-state index contributed by atoms with van der Waals surface area (Å²) in [6, 6.07) is 9.93. The van der Waals surface area contributed by atoms with Crippen LogP contribution in [-0.4, -0.2) is 20.3 Å². The molecule has 2 heterocycles. The van der Waals surface area contributed by atoms with E-state index in [9.17, 15) is 0 Å². The van der Waals surface area contributed by atoms with Gasteiger partial charge in [-0.15, -0.1) is 12.4 Å². The van der Waals surface area contributed by atoms with Gasteiger partial charge in [0.05, 0.1) is 23.0 Å². The lowest BCUT2D eigenvalue weighted by Gasteiger charge is -2.34. The second-order valence-corrected chi connectivity index (χ2v) is 5.46. The summed E-state index contributed by atoms with van der Waals surface area (Å²) in [6.07, 6.45) is 4.62. The molecule has 1 aromatic carbocycles. The number of hydrogen-bond donors (Lipinski definition) is 2. The van der Waals surface area contributed by atoms with Crippen molar-refractivity contribution in [2.75, 3.05) is 0 Å². The van der Waals surface area contributed by atoms with E-state index >= 15 is 0 Å². The van der Waals surface area contributed by atoms with Gasteiger partial charge in [-0.1, -0.05) is 35.5 Å². The van der Waals surface area contributed by atoms with Gasteiger partial charge in [0, 0.05) is 5.56 Å². The van der Waals surface area contributed by atoms with E-state index in [1.807, 2.05) is 30.3 Å². The molecule has 22 heavy (non-hydrogen) atoms. The molecule has 0 unspecified atom stereocenters. The molecule has 1 fully saturated rings. The first-order valence-corrected chi connectivity index (χ1v) is 6.98. The lowest BCUT2D eigenvalue weighted by Crippen LogP contribution is -2.44. The van der Waals surface area contributed by atoms with Gasteiger partial charge in [0.2, 0.25) is 0 Å². The Morgan fingerprint density at radius 2 is 1.95 bits per heavy atom. The predicted molar refractivity (Wildman–Crippen MR) is 84.3 cm³/mol. The highest BCUT2D eigenvalue weighted by Crippen LogP contribution is 2.38. The molecular formula is C15H16ClN5O. The Kier molecular flexibility index (Phi) is 3.72. The molecule has 0 spiro atoms. The molecule has 3 N–H and O–H groups in total. The monoisotopic (exact) mass is 317 g/mol. The Bertz CT molecular complexity index is 763. The highest BCUT2D eigenvalue weighted by atomic mass is 35.5. The minimum absolute atomic E-state index is 0. The first kappa shape index (κ1) is 14.7. The average molecular weight is 318 g/mol. The fourth-order valence-electron chi connectivity index (χ4n) is 2.59. The Labute approximate surface area is 133 Å². The first-order chi connectivity index (χ1) is 10.3. The van der Waals surface area contributed by atoms with Crippen LogP contribution in [0.3, 0.4) is 0 Å². The summed E-state index contributed by atoms with van der Waals surface area (Å²) in [5.74, 6) is 1.04. The summed E-state index contributed by atoms with van der Waals surface area (Å²) in [6.45, 7) is 0. The SMILES string of the molecule is Cl.NC1(c2noc(-c3cn[nH]c3-c3ccccc3)n2)CCC1. The summed E-state index contributed by atoms with van der Waals surface area (Å²) in [5.41, 5.74) is 8.50. The molecule has 0 saturated heterocycles. The van der Waals surface area contributed by atoms with Crippen LogP contribution in [0.15, 0.2) is 41.1 Å². The second-order valence-electron chi connectivity index (χ2n) is 5.46. The Balaban J connectivity index is 0.00000144. The quantitative estimate of drug-likeness (QED) is 0.774. The van der Waals surface area contributed by atoms with E-state index in [1.54, 1.807) is 6.20 Å². The molecule has 7 heteroatoms. The summed E-state index contributed by atoms with van der Waals surface area (Å²) in [4.78, 5) is 4.47. The molecule has 4 rings (SSSR count). The van der Waals surface area contributed by atoms with Crippen molar-refractivity contribution in [3.8, 4) is 22.7 Å². The maximum Gasteiger partial charge on any atom is 0.261 e. The maximum atomic E-state index is 6.23. The number of rotatable bonds is 3. The Morgan fingerprint density at radius 3 is 2.64 bits per heavy atom.